The van der Waals surface area contributed by atoms with Crippen LogP contribution in [0.15, 0.2) is 30.3 Å². The summed E-state index contributed by atoms with van der Waals surface area (Å²) in [5.41, 5.74) is 1.27. The fourth-order valence-corrected chi connectivity index (χ4v) is 3.46. The van der Waals surface area contributed by atoms with Crippen molar-refractivity contribution in [3.05, 3.63) is 35.9 Å². The Hall–Kier alpha value is -0.940. The quantitative estimate of drug-likeness (QED) is 0.815. The summed E-state index contributed by atoms with van der Waals surface area (Å²) in [6, 6.07) is 10.7. The smallest absolute Gasteiger partial charge is 0.163 e. The SMILES string of the molecule is CC1(C)O[C@@H]2[C@H](O1)[C@H]1C[C@@H]2N(Cc2ccccc2)O1. The predicted molar refractivity (Wildman–Crippen MR) is 69.1 cm³/mol. The minimum atomic E-state index is -0.474. The third-order valence-electron chi connectivity index (χ3n) is 4.20. The molecule has 2 heterocycles. The Kier molecular flexibility index (Phi) is 2.51. The van der Waals surface area contributed by atoms with Crippen molar-refractivity contribution in [1.29, 1.82) is 0 Å². The number of rotatable bonds is 2. The Morgan fingerprint density at radius 1 is 1.16 bits per heavy atom. The van der Waals surface area contributed by atoms with Gasteiger partial charge in [-0.05, 0) is 25.8 Å². The van der Waals surface area contributed by atoms with Crippen LogP contribution in [0.4, 0.5) is 0 Å². The summed E-state index contributed by atoms with van der Waals surface area (Å²) in [5, 5.41) is 2.08. The maximum atomic E-state index is 6.03. The van der Waals surface area contributed by atoms with E-state index in [2.05, 4.69) is 29.3 Å². The molecule has 102 valence electrons. The third-order valence-corrected chi connectivity index (χ3v) is 4.20. The van der Waals surface area contributed by atoms with Crippen molar-refractivity contribution in [2.75, 3.05) is 0 Å². The second-order valence-electron chi connectivity index (χ2n) is 6.07. The molecule has 1 aromatic carbocycles. The van der Waals surface area contributed by atoms with Crippen LogP contribution in [-0.4, -0.2) is 35.2 Å². The summed E-state index contributed by atoms with van der Waals surface area (Å²) in [6.07, 6.45) is 1.42. The van der Waals surface area contributed by atoms with E-state index in [0.717, 1.165) is 13.0 Å². The molecule has 0 unspecified atom stereocenters. The molecule has 0 spiro atoms. The van der Waals surface area contributed by atoms with Crippen LogP contribution in [0.1, 0.15) is 25.8 Å². The highest BCUT2D eigenvalue weighted by molar-refractivity contribution is 5.15. The standard InChI is InChI=1S/C15H19NO3/c1-15(2)17-13-11-8-12(14(13)18-15)19-16(11)9-10-6-4-3-5-7-10/h3-7,11-14H,8-9H2,1-2H3/t11-,12+,13-,14+/m0/s1. The fraction of sp³-hybridized carbons (Fsp3) is 0.600. The Morgan fingerprint density at radius 3 is 2.68 bits per heavy atom. The van der Waals surface area contributed by atoms with Crippen LogP contribution >= 0.6 is 0 Å². The summed E-state index contributed by atoms with van der Waals surface area (Å²) in [7, 11) is 0. The summed E-state index contributed by atoms with van der Waals surface area (Å²) in [5.74, 6) is -0.474. The Balaban J connectivity index is 1.51. The Labute approximate surface area is 113 Å². The van der Waals surface area contributed by atoms with Gasteiger partial charge in [0, 0.05) is 6.54 Å². The minimum absolute atomic E-state index is 0.104. The number of hydroxylamine groups is 2. The van der Waals surface area contributed by atoms with Crippen molar-refractivity contribution in [3.63, 3.8) is 0 Å². The van der Waals surface area contributed by atoms with Crippen molar-refractivity contribution >= 4 is 0 Å². The van der Waals surface area contributed by atoms with Gasteiger partial charge in [0.05, 0.1) is 6.04 Å². The summed E-state index contributed by atoms with van der Waals surface area (Å²) in [4.78, 5) is 6.00. The Bertz CT molecular complexity index is 476. The average molecular weight is 261 g/mol. The zero-order valence-electron chi connectivity index (χ0n) is 11.3. The van der Waals surface area contributed by atoms with E-state index < -0.39 is 5.79 Å². The molecule has 0 N–H and O–H groups in total. The molecule has 4 rings (SSSR count). The topological polar surface area (TPSA) is 30.9 Å². The van der Waals surface area contributed by atoms with Gasteiger partial charge in [-0.2, -0.15) is 5.06 Å². The first kappa shape index (κ1) is 11.9. The van der Waals surface area contributed by atoms with Gasteiger partial charge in [-0.1, -0.05) is 30.3 Å². The lowest BCUT2D eigenvalue weighted by molar-refractivity contribution is -0.229. The number of hydrogen-bond donors (Lipinski definition) is 0. The highest BCUT2D eigenvalue weighted by atomic mass is 16.8. The summed E-state index contributed by atoms with van der Waals surface area (Å²) >= 11 is 0. The van der Waals surface area contributed by atoms with Crippen LogP contribution in [0.3, 0.4) is 0 Å². The molecule has 4 atom stereocenters. The molecule has 2 bridgehead atoms. The van der Waals surface area contributed by atoms with E-state index in [9.17, 15) is 0 Å². The maximum absolute atomic E-state index is 6.03. The normalized spacial score (nSPS) is 39.7. The molecule has 3 fully saturated rings. The van der Waals surface area contributed by atoms with E-state index in [1.165, 1.54) is 5.56 Å². The zero-order chi connectivity index (χ0) is 13.0. The molecule has 2 saturated heterocycles. The molecule has 19 heavy (non-hydrogen) atoms. The van der Waals surface area contributed by atoms with Crippen molar-refractivity contribution in [2.45, 2.75) is 57.0 Å². The first-order valence-electron chi connectivity index (χ1n) is 6.95. The van der Waals surface area contributed by atoms with Gasteiger partial charge in [-0.15, -0.1) is 0 Å². The van der Waals surface area contributed by atoms with Crippen LogP contribution in [0, 0.1) is 0 Å². The minimum Gasteiger partial charge on any atom is -0.343 e. The number of ether oxygens (including phenoxy) is 2. The van der Waals surface area contributed by atoms with Crippen molar-refractivity contribution in [2.24, 2.45) is 0 Å². The van der Waals surface area contributed by atoms with E-state index in [1.807, 2.05) is 19.9 Å². The molecule has 4 nitrogen and oxygen atoms in total. The van der Waals surface area contributed by atoms with Gasteiger partial charge in [0.2, 0.25) is 0 Å². The van der Waals surface area contributed by atoms with Crippen LogP contribution < -0.4 is 0 Å². The van der Waals surface area contributed by atoms with Gasteiger partial charge in [-0.3, -0.25) is 4.84 Å². The van der Waals surface area contributed by atoms with Gasteiger partial charge in [0.15, 0.2) is 5.79 Å². The molecule has 0 amide bonds. The summed E-state index contributed by atoms with van der Waals surface area (Å²) in [6.45, 7) is 4.77. The average Bonchev–Trinajstić information content (AvgIpc) is 2.99. The van der Waals surface area contributed by atoms with E-state index in [4.69, 9.17) is 14.3 Å². The number of nitrogens with zero attached hydrogens (tertiary/aromatic N) is 1. The first-order chi connectivity index (χ1) is 9.12. The molecule has 0 radical (unpaired) electrons. The van der Waals surface area contributed by atoms with Crippen molar-refractivity contribution in [3.8, 4) is 0 Å². The fourth-order valence-electron chi connectivity index (χ4n) is 3.46. The van der Waals surface area contributed by atoms with Crippen molar-refractivity contribution in [1.82, 2.24) is 5.06 Å². The lowest BCUT2D eigenvalue weighted by atomic mass is 10.1. The van der Waals surface area contributed by atoms with E-state index in [1.54, 1.807) is 0 Å². The second kappa shape index (κ2) is 4.03. The molecular formula is C15H19NO3. The van der Waals surface area contributed by atoms with E-state index in [0.29, 0.717) is 6.04 Å². The summed E-state index contributed by atoms with van der Waals surface area (Å²) < 4.78 is 12.0. The zero-order valence-corrected chi connectivity index (χ0v) is 11.3. The number of fused-ring (bicyclic) bond motifs is 5. The lowest BCUT2D eigenvalue weighted by Crippen LogP contribution is -2.46. The molecule has 1 aromatic rings. The monoisotopic (exact) mass is 261 g/mol. The molecule has 3 aliphatic rings. The molecule has 0 aromatic heterocycles. The maximum Gasteiger partial charge on any atom is 0.163 e. The largest absolute Gasteiger partial charge is 0.343 e. The van der Waals surface area contributed by atoms with Crippen LogP contribution in [0.5, 0.6) is 0 Å². The van der Waals surface area contributed by atoms with E-state index in [-0.39, 0.29) is 18.3 Å². The number of hydrogen-bond acceptors (Lipinski definition) is 4. The highest BCUT2D eigenvalue weighted by Gasteiger charge is 2.61. The van der Waals surface area contributed by atoms with Crippen molar-refractivity contribution < 1.29 is 14.3 Å². The van der Waals surface area contributed by atoms with Crippen LogP contribution in [-0.2, 0) is 20.9 Å². The van der Waals surface area contributed by atoms with Crippen LogP contribution in [0.25, 0.3) is 0 Å². The molecule has 2 aliphatic heterocycles. The molecular weight excluding hydrogens is 242 g/mol. The van der Waals surface area contributed by atoms with Gasteiger partial charge in [0.25, 0.3) is 0 Å². The Morgan fingerprint density at radius 2 is 1.89 bits per heavy atom. The van der Waals surface area contributed by atoms with Crippen LogP contribution in [0.2, 0.25) is 0 Å². The van der Waals surface area contributed by atoms with Gasteiger partial charge >= 0.3 is 0 Å². The number of benzene rings is 1. The second-order valence-corrected chi connectivity index (χ2v) is 6.07. The van der Waals surface area contributed by atoms with E-state index >= 15 is 0 Å². The highest BCUT2D eigenvalue weighted by Crippen LogP contribution is 2.46. The van der Waals surface area contributed by atoms with Gasteiger partial charge < -0.3 is 9.47 Å². The van der Waals surface area contributed by atoms with Gasteiger partial charge in [-0.25, -0.2) is 0 Å². The lowest BCUT2D eigenvalue weighted by Gasteiger charge is -2.32. The molecule has 4 heteroatoms. The first-order valence-corrected chi connectivity index (χ1v) is 6.95. The predicted octanol–water partition coefficient (Wildman–Crippen LogP) is 2.09. The van der Waals surface area contributed by atoms with Gasteiger partial charge in [0.1, 0.15) is 18.3 Å². The molecule has 1 saturated carbocycles. The molecule has 1 aliphatic carbocycles. The third kappa shape index (κ3) is 1.91.